The van der Waals surface area contributed by atoms with E-state index in [1.54, 1.807) is 24.3 Å². The SMILES string of the molecule is CCOC(=O)CN1CCC(CN2CCN(C(=O)c3nnc(SCc4ccc(-n5ccnc5)cc4C)s3)CC2)CC1. The van der Waals surface area contributed by atoms with E-state index in [-0.39, 0.29) is 11.9 Å². The van der Waals surface area contributed by atoms with Crippen molar-refractivity contribution in [1.29, 1.82) is 0 Å². The van der Waals surface area contributed by atoms with Crippen LogP contribution < -0.4 is 0 Å². The second kappa shape index (κ2) is 13.7. The molecular formula is C28H37N7O3S2. The predicted octanol–water partition coefficient (Wildman–Crippen LogP) is 3.36. The lowest BCUT2D eigenvalue weighted by molar-refractivity contribution is -0.144. The fourth-order valence-corrected chi connectivity index (χ4v) is 7.15. The van der Waals surface area contributed by atoms with Gasteiger partial charge in [-0.1, -0.05) is 29.2 Å². The smallest absolute Gasteiger partial charge is 0.320 e. The molecule has 2 aliphatic rings. The van der Waals surface area contributed by atoms with Gasteiger partial charge in [0.2, 0.25) is 5.01 Å². The normalized spacial score (nSPS) is 17.3. The highest BCUT2D eigenvalue weighted by Crippen LogP contribution is 2.29. The summed E-state index contributed by atoms with van der Waals surface area (Å²) in [7, 11) is 0. The van der Waals surface area contributed by atoms with Gasteiger partial charge in [0.25, 0.3) is 5.91 Å². The number of piperidine rings is 1. The minimum absolute atomic E-state index is 0.0165. The molecular weight excluding hydrogens is 546 g/mol. The molecule has 10 nitrogen and oxygen atoms in total. The predicted molar refractivity (Wildman–Crippen MR) is 156 cm³/mol. The van der Waals surface area contributed by atoms with E-state index in [0.717, 1.165) is 61.3 Å². The summed E-state index contributed by atoms with van der Waals surface area (Å²) >= 11 is 3.00. The first-order valence-corrected chi connectivity index (χ1v) is 15.7. The summed E-state index contributed by atoms with van der Waals surface area (Å²) < 4.78 is 7.88. The van der Waals surface area contributed by atoms with Crippen molar-refractivity contribution < 1.29 is 14.3 Å². The van der Waals surface area contributed by atoms with Crippen LogP contribution in [0.3, 0.4) is 0 Å². The van der Waals surface area contributed by atoms with Crippen molar-refractivity contribution in [2.45, 2.75) is 36.8 Å². The molecule has 40 heavy (non-hydrogen) atoms. The number of thioether (sulfide) groups is 1. The van der Waals surface area contributed by atoms with Gasteiger partial charge in [0, 0.05) is 56.6 Å². The number of ether oxygens (including phenoxy) is 1. The summed E-state index contributed by atoms with van der Waals surface area (Å²) in [6.07, 6.45) is 7.69. The molecule has 0 N–H and O–H groups in total. The number of hydrogen-bond acceptors (Lipinski definition) is 10. The van der Waals surface area contributed by atoms with Crippen LogP contribution in [0.25, 0.3) is 5.69 Å². The summed E-state index contributed by atoms with van der Waals surface area (Å²) in [4.78, 5) is 35.5. The van der Waals surface area contributed by atoms with Crippen molar-refractivity contribution in [3.63, 3.8) is 0 Å². The minimum Gasteiger partial charge on any atom is -0.465 e. The van der Waals surface area contributed by atoms with Crippen molar-refractivity contribution in [2.24, 2.45) is 5.92 Å². The van der Waals surface area contributed by atoms with Gasteiger partial charge in [-0.05, 0) is 69.0 Å². The lowest BCUT2D eigenvalue weighted by Gasteiger charge is -2.38. The first kappa shape index (κ1) is 28.7. The van der Waals surface area contributed by atoms with Crippen LogP contribution in [0.2, 0.25) is 0 Å². The lowest BCUT2D eigenvalue weighted by Crippen LogP contribution is -2.50. The molecule has 1 amide bonds. The number of carbonyl (C=O) groups excluding carboxylic acids is 2. The van der Waals surface area contributed by atoms with Gasteiger partial charge in [0.05, 0.1) is 19.5 Å². The van der Waals surface area contributed by atoms with Crippen LogP contribution in [0.4, 0.5) is 0 Å². The Balaban J connectivity index is 1.04. The second-order valence-electron chi connectivity index (χ2n) is 10.4. The average Bonchev–Trinajstić information content (AvgIpc) is 3.67. The third-order valence-electron chi connectivity index (χ3n) is 7.61. The third kappa shape index (κ3) is 7.48. The quantitative estimate of drug-likeness (QED) is 0.263. The number of aromatic nitrogens is 4. The summed E-state index contributed by atoms with van der Waals surface area (Å²) in [5.41, 5.74) is 3.53. The molecule has 1 aromatic carbocycles. The highest BCUT2D eigenvalue weighted by atomic mass is 32.2. The number of aryl methyl sites for hydroxylation is 1. The molecule has 4 heterocycles. The van der Waals surface area contributed by atoms with Crippen molar-refractivity contribution in [1.82, 2.24) is 34.4 Å². The molecule has 0 saturated carbocycles. The van der Waals surface area contributed by atoms with Crippen LogP contribution in [0.1, 0.15) is 40.7 Å². The van der Waals surface area contributed by atoms with E-state index in [4.69, 9.17) is 4.74 Å². The van der Waals surface area contributed by atoms with E-state index >= 15 is 0 Å². The van der Waals surface area contributed by atoms with Gasteiger partial charge in [0.1, 0.15) is 0 Å². The monoisotopic (exact) mass is 583 g/mol. The van der Waals surface area contributed by atoms with E-state index in [0.29, 0.717) is 37.2 Å². The van der Waals surface area contributed by atoms with Gasteiger partial charge in [-0.15, -0.1) is 10.2 Å². The van der Waals surface area contributed by atoms with Crippen LogP contribution in [0, 0.1) is 12.8 Å². The average molecular weight is 584 g/mol. The topological polar surface area (TPSA) is 96.7 Å². The number of nitrogens with zero attached hydrogens (tertiary/aromatic N) is 7. The van der Waals surface area contributed by atoms with Gasteiger partial charge < -0.3 is 14.2 Å². The van der Waals surface area contributed by atoms with E-state index < -0.39 is 0 Å². The van der Waals surface area contributed by atoms with Crippen LogP contribution in [-0.2, 0) is 15.3 Å². The van der Waals surface area contributed by atoms with Gasteiger partial charge in [-0.3, -0.25) is 19.4 Å². The van der Waals surface area contributed by atoms with E-state index in [2.05, 4.69) is 50.1 Å². The first-order chi connectivity index (χ1) is 19.5. The zero-order chi connectivity index (χ0) is 27.9. The zero-order valence-corrected chi connectivity index (χ0v) is 24.8. The molecule has 0 spiro atoms. The molecule has 0 aliphatic carbocycles. The van der Waals surface area contributed by atoms with Crippen LogP contribution >= 0.6 is 23.1 Å². The molecule has 5 rings (SSSR count). The summed E-state index contributed by atoms with van der Waals surface area (Å²) in [6.45, 7) is 10.9. The number of likely N-dealkylation sites (tertiary alicyclic amines) is 1. The summed E-state index contributed by atoms with van der Waals surface area (Å²) in [5.74, 6) is 1.26. The Hall–Kier alpha value is -2.80. The van der Waals surface area contributed by atoms with Crippen molar-refractivity contribution >= 4 is 35.0 Å². The molecule has 2 aromatic heterocycles. The molecule has 12 heteroatoms. The lowest BCUT2D eigenvalue weighted by atomic mass is 9.96. The zero-order valence-electron chi connectivity index (χ0n) is 23.2. The maximum atomic E-state index is 13.1. The van der Waals surface area contributed by atoms with Crippen LogP contribution in [0.5, 0.6) is 0 Å². The maximum absolute atomic E-state index is 13.1. The Labute approximate surface area is 243 Å². The number of rotatable bonds is 10. The Morgan fingerprint density at radius 2 is 1.88 bits per heavy atom. The maximum Gasteiger partial charge on any atom is 0.320 e. The molecule has 0 unspecified atom stereocenters. The molecule has 0 radical (unpaired) electrons. The van der Waals surface area contributed by atoms with Gasteiger partial charge in [-0.2, -0.15) is 0 Å². The van der Waals surface area contributed by atoms with E-state index in [1.165, 1.54) is 22.5 Å². The number of imidazole rings is 1. The number of carbonyl (C=O) groups is 2. The number of amides is 1. The van der Waals surface area contributed by atoms with Gasteiger partial charge in [0.15, 0.2) is 4.34 Å². The highest BCUT2D eigenvalue weighted by molar-refractivity contribution is 8.00. The van der Waals surface area contributed by atoms with Crippen molar-refractivity contribution in [3.8, 4) is 5.69 Å². The molecule has 3 aromatic rings. The summed E-state index contributed by atoms with van der Waals surface area (Å²) in [5, 5.41) is 8.98. The number of piperazine rings is 1. The molecule has 214 valence electrons. The minimum atomic E-state index is -0.130. The fraction of sp³-hybridized carbons (Fsp3) is 0.536. The first-order valence-electron chi connectivity index (χ1n) is 13.9. The number of hydrogen-bond donors (Lipinski definition) is 0. The third-order valence-corrected chi connectivity index (χ3v) is 9.70. The second-order valence-corrected chi connectivity index (χ2v) is 12.6. The number of benzene rings is 1. The summed E-state index contributed by atoms with van der Waals surface area (Å²) in [6, 6.07) is 6.38. The Morgan fingerprint density at radius 1 is 1.07 bits per heavy atom. The molecule has 2 fully saturated rings. The van der Waals surface area contributed by atoms with Gasteiger partial charge >= 0.3 is 5.97 Å². The van der Waals surface area contributed by atoms with Crippen LogP contribution in [-0.4, -0.2) is 105 Å². The molecule has 0 bridgehead atoms. The number of esters is 1. The largest absolute Gasteiger partial charge is 0.465 e. The fourth-order valence-electron chi connectivity index (χ4n) is 5.26. The molecule has 2 saturated heterocycles. The Morgan fingerprint density at radius 3 is 2.58 bits per heavy atom. The highest BCUT2D eigenvalue weighted by Gasteiger charge is 2.28. The van der Waals surface area contributed by atoms with Crippen molar-refractivity contribution in [3.05, 3.63) is 53.1 Å². The Bertz CT molecular complexity index is 1270. The molecule has 0 atom stereocenters. The van der Waals surface area contributed by atoms with E-state index in [9.17, 15) is 9.59 Å². The van der Waals surface area contributed by atoms with Gasteiger partial charge in [-0.25, -0.2) is 4.98 Å². The standard InChI is InChI=1S/C28H37N7O3S2/c1-3-38-25(36)18-32-9-6-22(7-10-32)17-33-12-14-34(15-13-33)27(37)26-30-31-28(40-26)39-19-23-4-5-24(16-21(23)2)35-11-8-29-20-35/h4-5,8,11,16,20,22H,3,6-7,9-10,12-15,17-19H2,1-2H3. The van der Waals surface area contributed by atoms with E-state index in [1.807, 2.05) is 22.6 Å². The Kier molecular flexibility index (Phi) is 9.84. The molecule has 2 aliphatic heterocycles. The van der Waals surface area contributed by atoms with Crippen LogP contribution in [0.15, 0.2) is 41.3 Å². The van der Waals surface area contributed by atoms with Crippen molar-refractivity contribution in [2.75, 3.05) is 59.0 Å².